The number of halogens is 2. The van der Waals surface area contributed by atoms with Gasteiger partial charge in [-0.3, -0.25) is 0 Å². The molecule has 0 amide bonds. The normalized spacial score (nSPS) is 16.5. The second-order valence-electron chi connectivity index (χ2n) is 6.97. The number of piperidine rings is 1. The number of nitrogens with zero attached hydrogens (tertiary/aromatic N) is 1. The largest absolute Gasteiger partial charge is 0.303 e. The van der Waals surface area contributed by atoms with E-state index in [1.807, 2.05) is 12.1 Å². The zero-order valence-corrected chi connectivity index (χ0v) is 15.2. The van der Waals surface area contributed by atoms with Crippen LogP contribution < -0.4 is 0 Å². The summed E-state index contributed by atoms with van der Waals surface area (Å²) in [6.07, 6.45) is 5.52. The fourth-order valence-corrected chi connectivity index (χ4v) is 5.84. The van der Waals surface area contributed by atoms with Gasteiger partial charge in [0.05, 0.1) is 8.07 Å². The van der Waals surface area contributed by atoms with Crippen LogP contribution in [-0.4, -0.2) is 32.6 Å². The first-order valence-corrected chi connectivity index (χ1v) is 11.4. The minimum absolute atomic E-state index is 0. The Morgan fingerprint density at radius 2 is 1.67 bits per heavy atom. The van der Waals surface area contributed by atoms with Crippen molar-refractivity contribution in [3.05, 3.63) is 35.6 Å². The summed E-state index contributed by atoms with van der Waals surface area (Å²) in [4.78, 5) is 2.63. The van der Waals surface area contributed by atoms with E-state index in [4.69, 9.17) is 0 Å². The van der Waals surface area contributed by atoms with Crippen molar-refractivity contribution in [1.29, 1.82) is 0 Å². The van der Waals surface area contributed by atoms with Crippen LogP contribution in [0.2, 0.25) is 19.1 Å². The molecule has 0 radical (unpaired) electrons. The lowest BCUT2D eigenvalue weighted by molar-refractivity contribution is 0.229. The molecule has 0 saturated carbocycles. The fourth-order valence-electron chi connectivity index (χ4n) is 3.21. The van der Waals surface area contributed by atoms with E-state index in [9.17, 15) is 4.39 Å². The second kappa shape index (κ2) is 8.91. The smallest absolute Gasteiger partial charge is 0.123 e. The van der Waals surface area contributed by atoms with Gasteiger partial charge in [-0.2, -0.15) is 0 Å². The lowest BCUT2D eigenvalue weighted by atomic mass is 10.1. The van der Waals surface area contributed by atoms with Gasteiger partial charge in [-0.25, -0.2) is 4.39 Å². The molecule has 0 N–H and O–H groups in total. The van der Waals surface area contributed by atoms with Gasteiger partial charge >= 0.3 is 0 Å². The second-order valence-corrected chi connectivity index (χ2v) is 12.2. The topological polar surface area (TPSA) is 3.24 Å². The van der Waals surface area contributed by atoms with Crippen molar-refractivity contribution in [3.8, 4) is 0 Å². The van der Waals surface area contributed by atoms with Crippen molar-refractivity contribution in [2.75, 3.05) is 19.6 Å². The van der Waals surface area contributed by atoms with E-state index in [0.29, 0.717) is 0 Å². The van der Waals surface area contributed by atoms with Gasteiger partial charge in [0.15, 0.2) is 0 Å². The van der Waals surface area contributed by atoms with Gasteiger partial charge in [0.1, 0.15) is 5.82 Å². The Balaban J connectivity index is 0.00000220. The molecule has 120 valence electrons. The van der Waals surface area contributed by atoms with E-state index in [1.165, 1.54) is 63.0 Å². The van der Waals surface area contributed by atoms with E-state index in [0.717, 1.165) is 0 Å². The average molecular weight is 330 g/mol. The lowest BCUT2D eigenvalue weighted by Gasteiger charge is -2.28. The maximum atomic E-state index is 12.9. The summed E-state index contributed by atoms with van der Waals surface area (Å²) in [6, 6.07) is 9.64. The molecule has 1 saturated heterocycles. The molecule has 1 fully saturated rings. The van der Waals surface area contributed by atoms with Gasteiger partial charge in [-0.15, -0.1) is 12.4 Å². The van der Waals surface area contributed by atoms with Gasteiger partial charge in [0.25, 0.3) is 0 Å². The highest BCUT2D eigenvalue weighted by atomic mass is 35.5. The van der Waals surface area contributed by atoms with Crippen molar-refractivity contribution in [3.63, 3.8) is 0 Å². The van der Waals surface area contributed by atoms with Crippen LogP contribution in [0.4, 0.5) is 4.39 Å². The van der Waals surface area contributed by atoms with Crippen molar-refractivity contribution < 1.29 is 4.39 Å². The Bertz CT molecular complexity index is 402. The number of rotatable bonds is 6. The van der Waals surface area contributed by atoms with E-state index in [2.05, 4.69) is 18.0 Å². The molecule has 0 aromatic heterocycles. The summed E-state index contributed by atoms with van der Waals surface area (Å²) in [5, 5.41) is 0. The molecule has 1 heterocycles. The molecule has 1 nitrogen and oxygen atoms in total. The first-order valence-electron chi connectivity index (χ1n) is 8.02. The molecule has 0 aliphatic carbocycles. The maximum absolute atomic E-state index is 12.9. The van der Waals surface area contributed by atoms with E-state index in [1.54, 1.807) is 12.1 Å². The van der Waals surface area contributed by atoms with Crippen molar-refractivity contribution in [2.24, 2.45) is 0 Å². The summed E-state index contributed by atoms with van der Waals surface area (Å²) in [7, 11) is -1.20. The van der Waals surface area contributed by atoms with Crippen LogP contribution in [0.5, 0.6) is 0 Å². The van der Waals surface area contributed by atoms with E-state index in [-0.39, 0.29) is 18.2 Å². The van der Waals surface area contributed by atoms with Gasteiger partial charge in [-0.05, 0) is 57.1 Å². The molecule has 1 aromatic carbocycles. The van der Waals surface area contributed by atoms with E-state index < -0.39 is 8.07 Å². The third-order valence-electron chi connectivity index (χ3n) is 4.37. The Morgan fingerprint density at radius 1 is 1.05 bits per heavy atom. The van der Waals surface area contributed by atoms with Crippen LogP contribution in [0.1, 0.15) is 31.2 Å². The van der Waals surface area contributed by atoms with Gasteiger partial charge in [0, 0.05) is 0 Å². The van der Waals surface area contributed by atoms with Crippen molar-refractivity contribution >= 4 is 20.5 Å². The minimum Gasteiger partial charge on any atom is -0.303 e. The Labute approximate surface area is 136 Å². The van der Waals surface area contributed by atoms with Crippen LogP contribution in [0, 0.1) is 5.82 Å². The Morgan fingerprint density at radius 3 is 2.29 bits per heavy atom. The standard InChI is InChI=1S/C17H28FNSi.ClH/c1-20(2,15-16-7-9-17(18)10-8-16)14-6-13-19-11-4-3-5-12-19;/h7-10H,3-6,11-15H2,1-2H3;1H. The SMILES string of the molecule is C[Si](C)(CCCN1CCCCC1)Cc1ccc(F)cc1.Cl. The van der Waals surface area contributed by atoms with Crippen LogP contribution in [0.25, 0.3) is 0 Å². The highest BCUT2D eigenvalue weighted by molar-refractivity contribution is 6.76. The van der Waals surface area contributed by atoms with Crippen molar-refractivity contribution in [2.45, 2.75) is 50.9 Å². The van der Waals surface area contributed by atoms with Crippen molar-refractivity contribution in [1.82, 2.24) is 4.90 Å². The lowest BCUT2D eigenvalue weighted by Crippen LogP contribution is -2.34. The Hall–Kier alpha value is -0.383. The van der Waals surface area contributed by atoms with Crippen LogP contribution in [0.15, 0.2) is 24.3 Å². The van der Waals surface area contributed by atoms with E-state index >= 15 is 0 Å². The quantitative estimate of drug-likeness (QED) is 0.670. The molecule has 1 aliphatic rings. The molecule has 0 bridgehead atoms. The number of hydrogen-bond donors (Lipinski definition) is 0. The highest BCUT2D eigenvalue weighted by Gasteiger charge is 2.21. The summed E-state index contributed by atoms with van der Waals surface area (Å²) < 4.78 is 12.9. The third-order valence-corrected chi connectivity index (χ3v) is 7.44. The first kappa shape index (κ1) is 18.7. The number of hydrogen-bond acceptors (Lipinski definition) is 1. The average Bonchev–Trinajstić information content (AvgIpc) is 2.42. The molecule has 1 aliphatic heterocycles. The molecule has 0 spiro atoms. The number of benzene rings is 1. The maximum Gasteiger partial charge on any atom is 0.123 e. The molecule has 1 aromatic rings. The zero-order chi connectivity index (χ0) is 14.4. The zero-order valence-electron chi connectivity index (χ0n) is 13.4. The van der Waals surface area contributed by atoms with Crippen LogP contribution in [-0.2, 0) is 6.04 Å². The molecule has 4 heteroatoms. The molecule has 2 rings (SSSR count). The predicted molar refractivity (Wildman–Crippen MR) is 94.5 cm³/mol. The molecule has 0 atom stereocenters. The summed E-state index contributed by atoms with van der Waals surface area (Å²) >= 11 is 0. The van der Waals surface area contributed by atoms with Crippen LogP contribution in [0.3, 0.4) is 0 Å². The summed E-state index contributed by atoms with van der Waals surface area (Å²) in [6.45, 7) is 8.82. The molecular formula is C17H29ClFNSi. The monoisotopic (exact) mass is 329 g/mol. The molecular weight excluding hydrogens is 301 g/mol. The molecule has 0 unspecified atom stereocenters. The minimum atomic E-state index is -1.20. The number of likely N-dealkylation sites (tertiary alicyclic amines) is 1. The summed E-state index contributed by atoms with van der Waals surface area (Å²) in [5.41, 5.74) is 1.31. The first-order chi connectivity index (χ1) is 9.55. The highest BCUT2D eigenvalue weighted by Crippen LogP contribution is 2.19. The van der Waals surface area contributed by atoms with Crippen LogP contribution >= 0.6 is 12.4 Å². The predicted octanol–water partition coefficient (Wildman–Crippen LogP) is 4.91. The van der Waals surface area contributed by atoms with Gasteiger partial charge < -0.3 is 4.90 Å². The van der Waals surface area contributed by atoms with Gasteiger partial charge in [0.2, 0.25) is 0 Å². The molecule has 21 heavy (non-hydrogen) atoms. The summed E-state index contributed by atoms with van der Waals surface area (Å²) in [5.74, 6) is -0.127. The fraction of sp³-hybridized carbons (Fsp3) is 0.647. The van der Waals surface area contributed by atoms with Gasteiger partial charge in [-0.1, -0.05) is 43.3 Å². The Kier molecular flexibility index (Phi) is 7.92. The third kappa shape index (κ3) is 6.94.